The van der Waals surface area contributed by atoms with Gasteiger partial charge in [0, 0.05) is 23.7 Å². The van der Waals surface area contributed by atoms with E-state index in [-0.39, 0.29) is 25.2 Å². The molecule has 212 valence electrons. The third-order valence-corrected chi connectivity index (χ3v) is 6.88. The van der Waals surface area contributed by atoms with Gasteiger partial charge in [0.15, 0.2) is 11.5 Å². The van der Waals surface area contributed by atoms with Crippen LogP contribution in [0.2, 0.25) is 0 Å². The molecule has 10 heteroatoms. The predicted molar refractivity (Wildman–Crippen MR) is 145 cm³/mol. The van der Waals surface area contributed by atoms with E-state index in [4.69, 9.17) is 14.2 Å². The van der Waals surface area contributed by atoms with Gasteiger partial charge in [-0.2, -0.15) is 0 Å². The van der Waals surface area contributed by atoms with E-state index in [1.165, 1.54) is 23.8 Å². The fourth-order valence-corrected chi connectivity index (χ4v) is 4.89. The van der Waals surface area contributed by atoms with Crippen LogP contribution in [-0.4, -0.2) is 35.5 Å². The molecule has 9 nitrogen and oxygen atoms in total. The fraction of sp³-hybridized carbons (Fsp3) is 0.367. The van der Waals surface area contributed by atoms with Crippen LogP contribution in [0, 0.1) is 12.7 Å². The number of ether oxygens (including phenoxy) is 3. The summed E-state index contributed by atoms with van der Waals surface area (Å²) in [5.74, 6) is -0.746. The van der Waals surface area contributed by atoms with Crippen molar-refractivity contribution in [2.24, 2.45) is 0 Å². The second-order valence-corrected chi connectivity index (χ2v) is 9.78. The summed E-state index contributed by atoms with van der Waals surface area (Å²) in [4.78, 5) is 39.1. The second-order valence-electron chi connectivity index (χ2n) is 9.78. The molecule has 1 aliphatic heterocycles. The number of carbonyl (C=O) groups is 2. The fourth-order valence-electron chi connectivity index (χ4n) is 4.89. The van der Waals surface area contributed by atoms with Crippen molar-refractivity contribution >= 4 is 11.9 Å². The molecule has 0 saturated heterocycles. The Morgan fingerprint density at radius 3 is 2.67 bits per heavy atom. The molecule has 2 heterocycles. The number of fused-ring (bicyclic) bond motifs is 1. The van der Waals surface area contributed by atoms with Crippen molar-refractivity contribution in [2.75, 3.05) is 13.9 Å². The maximum absolute atomic E-state index is 14.7. The number of aryl methyl sites for hydroxylation is 1. The molecule has 0 aliphatic carbocycles. The van der Waals surface area contributed by atoms with Crippen molar-refractivity contribution < 1.29 is 33.3 Å². The SMILES string of the molecule is CCCC[C@H](C(=O)N[C@@H](CC(=O)O)c1ccc2c(c1)OCO2)n1cc(C)cc(Cc2c(F)cccc2OC)c1=O. The summed E-state index contributed by atoms with van der Waals surface area (Å²) >= 11 is 0. The van der Waals surface area contributed by atoms with Gasteiger partial charge in [0.25, 0.3) is 5.56 Å². The zero-order valence-corrected chi connectivity index (χ0v) is 22.7. The summed E-state index contributed by atoms with van der Waals surface area (Å²) in [6.07, 6.45) is 3.02. The number of unbranched alkanes of at least 4 members (excludes halogenated alkanes) is 1. The molecule has 0 unspecified atom stereocenters. The topological polar surface area (TPSA) is 116 Å². The predicted octanol–water partition coefficient (Wildman–Crippen LogP) is 4.69. The van der Waals surface area contributed by atoms with Crippen molar-refractivity contribution in [3.8, 4) is 17.2 Å². The highest BCUT2D eigenvalue weighted by Gasteiger charge is 2.28. The lowest BCUT2D eigenvalue weighted by atomic mass is 10.0. The molecule has 40 heavy (non-hydrogen) atoms. The van der Waals surface area contributed by atoms with Crippen molar-refractivity contribution in [1.29, 1.82) is 0 Å². The number of pyridine rings is 1. The van der Waals surface area contributed by atoms with E-state index in [0.717, 1.165) is 12.0 Å². The Balaban J connectivity index is 1.68. The molecular weight excluding hydrogens is 519 g/mol. The zero-order valence-electron chi connectivity index (χ0n) is 22.7. The van der Waals surface area contributed by atoms with Gasteiger partial charge in [0.2, 0.25) is 12.7 Å². The number of benzene rings is 2. The van der Waals surface area contributed by atoms with Crippen molar-refractivity contribution in [2.45, 2.75) is 58.0 Å². The average molecular weight is 553 g/mol. The number of aromatic nitrogens is 1. The molecule has 3 aromatic rings. The molecule has 2 N–H and O–H groups in total. The van der Waals surface area contributed by atoms with E-state index in [9.17, 15) is 23.9 Å². The monoisotopic (exact) mass is 552 g/mol. The van der Waals surface area contributed by atoms with Crippen molar-refractivity contribution in [3.63, 3.8) is 0 Å². The van der Waals surface area contributed by atoms with Crippen molar-refractivity contribution in [1.82, 2.24) is 9.88 Å². The minimum absolute atomic E-state index is 0.0166. The third kappa shape index (κ3) is 6.44. The van der Waals surface area contributed by atoms with Gasteiger partial charge in [0.1, 0.15) is 17.6 Å². The average Bonchev–Trinajstić information content (AvgIpc) is 3.39. The number of carboxylic acids is 1. The van der Waals surface area contributed by atoms with E-state index < -0.39 is 35.3 Å². The number of aliphatic carboxylic acids is 1. The lowest BCUT2D eigenvalue weighted by Crippen LogP contribution is -2.40. The Bertz CT molecular complexity index is 1450. The highest BCUT2D eigenvalue weighted by Crippen LogP contribution is 2.35. The van der Waals surface area contributed by atoms with Crippen LogP contribution < -0.4 is 25.1 Å². The molecule has 0 fully saturated rings. The molecule has 0 saturated carbocycles. The number of rotatable bonds is 12. The molecule has 0 radical (unpaired) electrons. The van der Waals surface area contributed by atoms with E-state index >= 15 is 0 Å². The second kappa shape index (κ2) is 12.7. The number of methoxy groups -OCH3 is 1. The Labute approximate surface area is 231 Å². The smallest absolute Gasteiger partial charge is 0.305 e. The van der Waals surface area contributed by atoms with Crippen LogP contribution in [0.4, 0.5) is 4.39 Å². The molecule has 1 aromatic heterocycles. The Morgan fingerprint density at radius 1 is 1.18 bits per heavy atom. The van der Waals surface area contributed by atoms with Crippen LogP contribution in [-0.2, 0) is 16.0 Å². The maximum Gasteiger partial charge on any atom is 0.305 e. The quantitative estimate of drug-likeness (QED) is 0.335. The van der Waals surface area contributed by atoms with Gasteiger partial charge in [-0.25, -0.2) is 4.39 Å². The largest absolute Gasteiger partial charge is 0.496 e. The molecule has 1 aliphatic rings. The lowest BCUT2D eigenvalue weighted by molar-refractivity contribution is -0.138. The number of hydrogen-bond acceptors (Lipinski definition) is 6. The first-order valence-electron chi connectivity index (χ1n) is 13.2. The van der Waals surface area contributed by atoms with Gasteiger partial charge in [-0.05, 0) is 54.8 Å². The number of carbonyl (C=O) groups excluding carboxylic acids is 1. The summed E-state index contributed by atoms with van der Waals surface area (Å²) in [5.41, 5.74) is 1.40. The Kier molecular flexibility index (Phi) is 9.08. The van der Waals surface area contributed by atoms with E-state index in [1.54, 1.807) is 43.5 Å². The number of nitrogens with one attached hydrogen (secondary N) is 1. The van der Waals surface area contributed by atoms with Gasteiger partial charge in [-0.3, -0.25) is 14.4 Å². The normalized spacial score (nSPS) is 13.5. The first kappa shape index (κ1) is 28.7. The maximum atomic E-state index is 14.7. The molecule has 2 aromatic carbocycles. The van der Waals surface area contributed by atoms with Crippen LogP contribution in [0.5, 0.6) is 17.2 Å². The van der Waals surface area contributed by atoms with Crippen LogP contribution >= 0.6 is 0 Å². The van der Waals surface area contributed by atoms with Crippen LogP contribution in [0.25, 0.3) is 0 Å². The molecule has 4 rings (SSSR count). The van der Waals surface area contributed by atoms with Gasteiger partial charge in [0.05, 0.1) is 19.6 Å². The van der Waals surface area contributed by atoms with Gasteiger partial charge < -0.3 is 29.2 Å². The zero-order chi connectivity index (χ0) is 28.8. The summed E-state index contributed by atoms with van der Waals surface area (Å²) in [6, 6.07) is 9.37. The Morgan fingerprint density at radius 2 is 1.95 bits per heavy atom. The Hall–Kier alpha value is -4.34. The lowest BCUT2D eigenvalue weighted by Gasteiger charge is -2.25. The van der Waals surface area contributed by atoms with Gasteiger partial charge in [-0.1, -0.05) is 31.9 Å². The number of halogens is 1. The standard InChI is InChI=1S/C30H33FN2O7/c1-4-5-8-24(29(36)32-23(15-28(34)35)19-10-11-26-27(14-19)40-17-39-26)33-16-18(2)12-20(30(33)37)13-21-22(31)7-6-9-25(21)38-3/h6-7,9-12,14,16,23-24H,4-5,8,13,15,17H2,1-3H3,(H,32,36)(H,34,35)/t23-,24+/m0/s1. The van der Waals surface area contributed by atoms with Crippen molar-refractivity contribution in [3.05, 3.63) is 87.1 Å². The number of hydrogen-bond donors (Lipinski definition) is 2. The van der Waals surface area contributed by atoms with Crippen LogP contribution in [0.1, 0.15) is 66.9 Å². The van der Waals surface area contributed by atoms with E-state index in [1.807, 2.05) is 6.92 Å². The van der Waals surface area contributed by atoms with Gasteiger partial charge in [-0.15, -0.1) is 0 Å². The minimum Gasteiger partial charge on any atom is -0.496 e. The summed E-state index contributed by atoms with van der Waals surface area (Å²) in [5, 5.41) is 12.4. The summed E-state index contributed by atoms with van der Waals surface area (Å²) < 4.78 is 32.1. The van der Waals surface area contributed by atoms with E-state index in [2.05, 4.69) is 5.32 Å². The van der Waals surface area contributed by atoms with Crippen LogP contribution in [0.15, 0.2) is 53.5 Å². The molecule has 0 bridgehead atoms. The molecular formula is C30H33FN2O7. The summed E-state index contributed by atoms with van der Waals surface area (Å²) in [7, 11) is 1.44. The number of nitrogens with zero attached hydrogens (tertiary/aromatic N) is 1. The highest BCUT2D eigenvalue weighted by molar-refractivity contribution is 5.81. The number of amides is 1. The first-order valence-corrected chi connectivity index (χ1v) is 13.2. The summed E-state index contributed by atoms with van der Waals surface area (Å²) in [6.45, 7) is 3.83. The molecule has 1 amide bonds. The molecule has 0 spiro atoms. The minimum atomic E-state index is -1.10. The van der Waals surface area contributed by atoms with Crippen LogP contribution in [0.3, 0.4) is 0 Å². The number of carboxylic acid groups (broad SMARTS) is 1. The third-order valence-electron chi connectivity index (χ3n) is 6.88. The first-order chi connectivity index (χ1) is 19.2. The van der Waals surface area contributed by atoms with E-state index in [0.29, 0.717) is 41.2 Å². The van der Waals surface area contributed by atoms with Gasteiger partial charge >= 0.3 is 5.97 Å². The molecule has 2 atom stereocenters. The highest BCUT2D eigenvalue weighted by atomic mass is 19.1.